The summed E-state index contributed by atoms with van der Waals surface area (Å²) >= 11 is 0. The lowest BCUT2D eigenvalue weighted by molar-refractivity contribution is 0.414. The molecule has 1 aliphatic rings. The Morgan fingerprint density at radius 1 is 1.38 bits per heavy atom. The number of nitrogens with one attached hydrogen (secondary N) is 1. The van der Waals surface area contributed by atoms with Crippen molar-refractivity contribution in [3.63, 3.8) is 0 Å². The maximum Gasteiger partial charge on any atom is 0.268 e. The van der Waals surface area contributed by atoms with E-state index in [0.29, 0.717) is 6.54 Å². The van der Waals surface area contributed by atoms with E-state index in [2.05, 4.69) is 9.88 Å². The normalized spacial score (nSPS) is 12.9. The molecule has 3 rings (SSSR count). The van der Waals surface area contributed by atoms with E-state index in [0.717, 1.165) is 35.5 Å². The maximum atomic E-state index is 11.8. The van der Waals surface area contributed by atoms with Gasteiger partial charge in [-0.3, -0.25) is 4.79 Å². The highest BCUT2D eigenvalue weighted by Crippen LogP contribution is 2.30. The van der Waals surface area contributed by atoms with Crippen LogP contribution < -0.4 is 15.2 Å². The number of anilines is 1. The van der Waals surface area contributed by atoms with Crippen molar-refractivity contribution < 1.29 is 4.74 Å². The van der Waals surface area contributed by atoms with Gasteiger partial charge < -0.3 is 14.6 Å². The average molecular weight is 281 g/mol. The monoisotopic (exact) mass is 281 g/mol. The number of nitrogens with zero attached hydrogens (tertiary/aromatic N) is 2. The third-order valence-electron chi connectivity index (χ3n) is 3.76. The second kappa shape index (κ2) is 5.33. The average Bonchev–Trinajstić information content (AvgIpc) is 2.91. The van der Waals surface area contributed by atoms with Crippen LogP contribution in [-0.2, 0) is 13.0 Å². The van der Waals surface area contributed by atoms with Gasteiger partial charge in [0.25, 0.3) is 5.56 Å². The van der Waals surface area contributed by atoms with Crippen LogP contribution in [0.1, 0.15) is 16.7 Å². The minimum Gasteiger partial charge on any atom is -0.497 e. The molecule has 1 aromatic carbocycles. The molecule has 1 N–H and O–H groups in total. The molecule has 5 nitrogen and oxygen atoms in total. The molecule has 0 amide bonds. The molecule has 0 saturated heterocycles. The molecular weight excluding hydrogens is 266 g/mol. The number of aromatic nitrogens is 1. The standard InChI is InChI=1S/C16H15N3O2/c1-21-13-4-2-11(3-5-13)10-19-7-6-12-9-18-16(20)14(8-17)15(12)19/h2-5,9H,6-7,10H2,1H3,(H,18,20). The van der Waals surface area contributed by atoms with Gasteiger partial charge in [0, 0.05) is 19.3 Å². The van der Waals surface area contributed by atoms with E-state index in [1.807, 2.05) is 30.3 Å². The van der Waals surface area contributed by atoms with Crippen LogP contribution in [0.5, 0.6) is 5.75 Å². The number of rotatable bonds is 3. The van der Waals surface area contributed by atoms with Crippen LogP contribution >= 0.6 is 0 Å². The largest absolute Gasteiger partial charge is 0.497 e. The first-order chi connectivity index (χ1) is 10.2. The minimum atomic E-state index is -0.321. The summed E-state index contributed by atoms with van der Waals surface area (Å²) in [6, 6.07) is 9.84. The van der Waals surface area contributed by atoms with E-state index in [1.54, 1.807) is 13.3 Å². The van der Waals surface area contributed by atoms with Gasteiger partial charge >= 0.3 is 0 Å². The number of H-pyrrole nitrogens is 1. The van der Waals surface area contributed by atoms with Crippen LogP contribution in [-0.4, -0.2) is 18.6 Å². The predicted octanol–water partition coefficient (Wildman–Crippen LogP) is 1.82. The Morgan fingerprint density at radius 3 is 2.81 bits per heavy atom. The second-order valence-electron chi connectivity index (χ2n) is 5.00. The molecular formula is C16H15N3O2. The van der Waals surface area contributed by atoms with Gasteiger partial charge in [-0.05, 0) is 29.7 Å². The lowest BCUT2D eigenvalue weighted by Crippen LogP contribution is -2.23. The summed E-state index contributed by atoms with van der Waals surface area (Å²) in [5.74, 6) is 0.815. The summed E-state index contributed by atoms with van der Waals surface area (Å²) in [6.07, 6.45) is 2.56. The van der Waals surface area contributed by atoms with Gasteiger partial charge in [0.2, 0.25) is 0 Å². The SMILES string of the molecule is COc1ccc(CN2CCc3c[nH]c(=O)c(C#N)c32)cc1. The summed E-state index contributed by atoms with van der Waals surface area (Å²) in [7, 11) is 1.64. The topological polar surface area (TPSA) is 69.1 Å². The first kappa shape index (κ1) is 13.3. The summed E-state index contributed by atoms with van der Waals surface area (Å²) in [5.41, 5.74) is 2.81. The Balaban J connectivity index is 1.92. The Hall–Kier alpha value is -2.74. The van der Waals surface area contributed by atoms with Gasteiger partial charge in [-0.15, -0.1) is 0 Å². The van der Waals surface area contributed by atoms with Crippen molar-refractivity contribution in [2.75, 3.05) is 18.6 Å². The lowest BCUT2D eigenvalue weighted by Gasteiger charge is -2.20. The van der Waals surface area contributed by atoms with Crippen LogP contribution in [0.4, 0.5) is 5.69 Å². The predicted molar refractivity (Wildman–Crippen MR) is 79.5 cm³/mol. The molecule has 106 valence electrons. The van der Waals surface area contributed by atoms with Crippen LogP contribution in [0.3, 0.4) is 0 Å². The van der Waals surface area contributed by atoms with Gasteiger partial charge in [0.15, 0.2) is 0 Å². The number of aromatic amines is 1. The van der Waals surface area contributed by atoms with Gasteiger partial charge in [-0.1, -0.05) is 12.1 Å². The number of nitriles is 1. The van der Waals surface area contributed by atoms with Gasteiger partial charge in [-0.2, -0.15) is 5.26 Å². The first-order valence-electron chi connectivity index (χ1n) is 6.75. The van der Waals surface area contributed by atoms with E-state index in [9.17, 15) is 10.1 Å². The molecule has 2 aromatic rings. The van der Waals surface area contributed by atoms with E-state index in [4.69, 9.17) is 4.74 Å². The Kier molecular flexibility index (Phi) is 3.36. The first-order valence-corrected chi connectivity index (χ1v) is 6.75. The van der Waals surface area contributed by atoms with Gasteiger partial charge in [0.05, 0.1) is 12.8 Å². The van der Waals surface area contributed by atoms with Crippen LogP contribution in [0.25, 0.3) is 0 Å². The molecule has 1 aromatic heterocycles. The zero-order chi connectivity index (χ0) is 14.8. The summed E-state index contributed by atoms with van der Waals surface area (Å²) in [4.78, 5) is 16.5. The number of hydrogen-bond acceptors (Lipinski definition) is 4. The third kappa shape index (κ3) is 2.36. The molecule has 5 heteroatoms. The van der Waals surface area contributed by atoms with Crippen LogP contribution in [0.2, 0.25) is 0 Å². The number of hydrogen-bond donors (Lipinski definition) is 1. The summed E-state index contributed by atoms with van der Waals surface area (Å²) < 4.78 is 5.15. The highest BCUT2D eigenvalue weighted by molar-refractivity contribution is 5.66. The van der Waals surface area contributed by atoms with Crippen molar-refractivity contribution >= 4 is 5.69 Å². The maximum absolute atomic E-state index is 11.8. The quantitative estimate of drug-likeness (QED) is 0.931. The zero-order valence-electron chi connectivity index (χ0n) is 11.7. The molecule has 0 unspecified atom stereocenters. The zero-order valence-corrected chi connectivity index (χ0v) is 11.7. The molecule has 0 radical (unpaired) electrons. The fourth-order valence-corrected chi connectivity index (χ4v) is 2.69. The van der Waals surface area contributed by atoms with E-state index < -0.39 is 0 Å². The highest BCUT2D eigenvalue weighted by atomic mass is 16.5. The molecule has 0 spiro atoms. The van der Waals surface area contributed by atoms with Crippen molar-refractivity contribution in [1.29, 1.82) is 5.26 Å². The molecule has 0 saturated carbocycles. The Morgan fingerprint density at radius 2 is 2.14 bits per heavy atom. The smallest absolute Gasteiger partial charge is 0.268 e. The van der Waals surface area contributed by atoms with Crippen LogP contribution in [0.15, 0.2) is 35.3 Å². The third-order valence-corrected chi connectivity index (χ3v) is 3.76. The molecule has 0 atom stereocenters. The van der Waals surface area contributed by atoms with E-state index >= 15 is 0 Å². The number of methoxy groups -OCH3 is 1. The number of fused-ring (bicyclic) bond motifs is 1. The molecule has 21 heavy (non-hydrogen) atoms. The molecule has 0 bridgehead atoms. The van der Waals surface area contributed by atoms with Gasteiger partial charge in [-0.25, -0.2) is 0 Å². The summed E-state index contributed by atoms with van der Waals surface area (Å²) in [5, 5.41) is 9.22. The Labute approximate surface area is 122 Å². The fraction of sp³-hybridized carbons (Fsp3) is 0.250. The highest BCUT2D eigenvalue weighted by Gasteiger charge is 2.24. The molecule has 0 fully saturated rings. The molecule has 2 heterocycles. The van der Waals surface area contributed by atoms with E-state index in [1.165, 1.54) is 0 Å². The summed E-state index contributed by atoms with van der Waals surface area (Å²) in [6.45, 7) is 1.49. The minimum absolute atomic E-state index is 0.207. The van der Waals surface area contributed by atoms with Crippen molar-refractivity contribution in [3.8, 4) is 11.8 Å². The van der Waals surface area contributed by atoms with Gasteiger partial charge in [0.1, 0.15) is 17.4 Å². The van der Waals surface area contributed by atoms with Crippen molar-refractivity contribution in [2.45, 2.75) is 13.0 Å². The van der Waals surface area contributed by atoms with Crippen LogP contribution in [0, 0.1) is 11.3 Å². The molecule has 0 aliphatic carbocycles. The Bertz CT molecular complexity index is 757. The van der Waals surface area contributed by atoms with Crippen molar-refractivity contribution in [2.24, 2.45) is 0 Å². The number of ether oxygens (including phenoxy) is 1. The van der Waals surface area contributed by atoms with E-state index in [-0.39, 0.29) is 11.1 Å². The molecule has 1 aliphatic heterocycles. The number of benzene rings is 1. The fourth-order valence-electron chi connectivity index (χ4n) is 2.69. The van der Waals surface area contributed by atoms with Crippen molar-refractivity contribution in [1.82, 2.24) is 4.98 Å². The van der Waals surface area contributed by atoms with Crippen molar-refractivity contribution in [3.05, 3.63) is 57.5 Å². The number of pyridine rings is 1. The second-order valence-corrected chi connectivity index (χ2v) is 5.00. The lowest BCUT2D eigenvalue weighted by atomic mass is 10.1.